The predicted octanol–water partition coefficient (Wildman–Crippen LogP) is 5.17. The van der Waals surface area contributed by atoms with E-state index in [0.29, 0.717) is 21.7 Å². The second kappa shape index (κ2) is 7.52. The molecule has 1 amide bonds. The highest BCUT2D eigenvalue weighted by atomic mass is 35.5. The van der Waals surface area contributed by atoms with Crippen LogP contribution in [0, 0.1) is 0 Å². The molecule has 0 aliphatic rings. The van der Waals surface area contributed by atoms with Gasteiger partial charge in [-0.25, -0.2) is 0 Å². The van der Waals surface area contributed by atoms with Gasteiger partial charge in [-0.05, 0) is 35.7 Å². The highest BCUT2D eigenvalue weighted by Gasteiger charge is 2.09. The monoisotopic (exact) mass is 336 g/mol. The van der Waals surface area contributed by atoms with Crippen molar-refractivity contribution in [1.29, 1.82) is 0 Å². The fraction of sp³-hybridized carbons (Fsp3) is 0.235. The van der Waals surface area contributed by atoms with Gasteiger partial charge in [-0.2, -0.15) is 0 Å². The molecule has 0 radical (unpaired) electrons. The lowest BCUT2D eigenvalue weighted by Crippen LogP contribution is -2.22. The third-order valence-corrected chi connectivity index (χ3v) is 3.78. The van der Waals surface area contributed by atoms with Crippen molar-refractivity contribution in [1.82, 2.24) is 0 Å². The van der Waals surface area contributed by atoms with Crippen LogP contribution in [0.4, 0.5) is 11.4 Å². The quantitative estimate of drug-likeness (QED) is 0.790. The standard InChI is InChI=1S/C17H18Cl2N2O/c1-11(2)13-5-3-4-6-15(13)21-17(22)10-20-16-8-7-12(18)9-14(16)19/h3-9,11,20H,10H2,1-2H3,(H,21,22). The number of carbonyl (C=O) groups excluding carboxylic acids is 1. The van der Waals surface area contributed by atoms with Gasteiger partial charge >= 0.3 is 0 Å². The van der Waals surface area contributed by atoms with Gasteiger partial charge in [0.2, 0.25) is 5.91 Å². The molecular formula is C17H18Cl2N2O. The Hall–Kier alpha value is -1.71. The number of carbonyl (C=O) groups is 1. The van der Waals surface area contributed by atoms with Gasteiger partial charge in [-0.1, -0.05) is 55.2 Å². The molecule has 0 aromatic heterocycles. The van der Waals surface area contributed by atoms with Gasteiger partial charge in [0.05, 0.1) is 17.3 Å². The molecule has 2 rings (SSSR count). The number of benzene rings is 2. The zero-order valence-corrected chi connectivity index (χ0v) is 14.0. The van der Waals surface area contributed by atoms with E-state index in [4.69, 9.17) is 23.2 Å². The van der Waals surface area contributed by atoms with E-state index in [1.165, 1.54) is 0 Å². The van der Waals surface area contributed by atoms with Crippen LogP contribution in [-0.4, -0.2) is 12.5 Å². The molecule has 0 bridgehead atoms. The molecule has 0 aliphatic heterocycles. The highest BCUT2D eigenvalue weighted by molar-refractivity contribution is 6.36. The largest absolute Gasteiger partial charge is 0.375 e. The lowest BCUT2D eigenvalue weighted by molar-refractivity contribution is -0.114. The summed E-state index contributed by atoms with van der Waals surface area (Å²) < 4.78 is 0. The van der Waals surface area contributed by atoms with Crippen LogP contribution in [-0.2, 0) is 4.79 Å². The number of para-hydroxylation sites is 1. The maximum absolute atomic E-state index is 12.1. The van der Waals surface area contributed by atoms with Crippen LogP contribution in [0.5, 0.6) is 0 Å². The number of anilines is 2. The van der Waals surface area contributed by atoms with Crippen molar-refractivity contribution in [3.8, 4) is 0 Å². The average Bonchev–Trinajstić information content (AvgIpc) is 2.46. The zero-order chi connectivity index (χ0) is 16.1. The molecule has 0 aliphatic carbocycles. The fourth-order valence-corrected chi connectivity index (χ4v) is 2.59. The smallest absolute Gasteiger partial charge is 0.243 e. The van der Waals surface area contributed by atoms with Crippen molar-refractivity contribution in [2.24, 2.45) is 0 Å². The summed E-state index contributed by atoms with van der Waals surface area (Å²) in [5.41, 5.74) is 2.63. The zero-order valence-electron chi connectivity index (χ0n) is 12.5. The van der Waals surface area contributed by atoms with E-state index in [-0.39, 0.29) is 12.5 Å². The first-order chi connectivity index (χ1) is 10.5. The van der Waals surface area contributed by atoms with Crippen molar-refractivity contribution < 1.29 is 4.79 Å². The lowest BCUT2D eigenvalue weighted by atomic mass is 10.0. The van der Waals surface area contributed by atoms with E-state index < -0.39 is 0 Å². The van der Waals surface area contributed by atoms with E-state index in [2.05, 4.69) is 24.5 Å². The molecule has 0 saturated heterocycles. The molecule has 2 aromatic rings. The Bertz CT molecular complexity index is 671. The number of halogens is 2. The Balaban J connectivity index is 1.99. The Morgan fingerprint density at radius 1 is 1.09 bits per heavy atom. The highest BCUT2D eigenvalue weighted by Crippen LogP contribution is 2.26. The Morgan fingerprint density at radius 2 is 1.82 bits per heavy atom. The van der Waals surface area contributed by atoms with E-state index >= 15 is 0 Å². The minimum Gasteiger partial charge on any atom is -0.375 e. The first-order valence-corrected chi connectivity index (χ1v) is 7.80. The van der Waals surface area contributed by atoms with Crippen molar-refractivity contribution >= 4 is 40.5 Å². The van der Waals surface area contributed by atoms with E-state index in [1.54, 1.807) is 18.2 Å². The van der Waals surface area contributed by atoms with Gasteiger partial charge in [0.25, 0.3) is 0 Å². The Labute approximate surface area is 140 Å². The summed E-state index contributed by atoms with van der Waals surface area (Å²) in [6, 6.07) is 12.9. The molecule has 2 aromatic carbocycles. The number of rotatable bonds is 5. The van der Waals surface area contributed by atoms with Crippen LogP contribution in [0.3, 0.4) is 0 Å². The molecular weight excluding hydrogens is 319 g/mol. The summed E-state index contributed by atoms with van der Waals surface area (Å²) in [6.45, 7) is 4.32. The molecule has 116 valence electrons. The van der Waals surface area contributed by atoms with Gasteiger partial charge in [0, 0.05) is 10.7 Å². The van der Waals surface area contributed by atoms with E-state index in [1.807, 2.05) is 24.3 Å². The molecule has 5 heteroatoms. The van der Waals surface area contributed by atoms with Crippen molar-refractivity contribution in [2.75, 3.05) is 17.2 Å². The van der Waals surface area contributed by atoms with Crippen molar-refractivity contribution in [2.45, 2.75) is 19.8 Å². The normalized spacial score (nSPS) is 10.6. The molecule has 0 fully saturated rings. The molecule has 0 spiro atoms. The van der Waals surface area contributed by atoms with Gasteiger partial charge in [0.15, 0.2) is 0 Å². The minimum absolute atomic E-state index is 0.126. The summed E-state index contributed by atoms with van der Waals surface area (Å²) in [6.07, 6.45) is 0. The number of hydrogen-bond donors (Lipinski definition) is 2. The van der Waals surface area contributed by atoms with E-state index in [0.717, 1.165) is 11.3 Å². The molecule has 0 atom stereocenters. The third-order valence-electron chi connectivity index (χ3n) is 3.23. The molecule has 0 saturated carbocycles. The summed E-state index contributed by atoms with van der Waals surface area (Å²) in [4.78, 5) is 12.1. The van der Waals surface area contributed by atoms with Gasteiger partial charge in [0.1, 0.15) is 0 Å². The van der Waals surface area contributed by atoms with Gasteiger partial charge in [-0.3, -0.25) is 4.79 Å². The average molecular weight is 337 g/mol. The van der Waals surface area contributed by atoms with Gasteiger partial charge in [-0.15, -0.1) is 0 Å². The first-order valence-electron chi connectivity index (χ1n) is 7.05. The summed E-state index contributed by atoms with van der Waals surface area (Å²) in [5.74, 6) is 0.217. The number of hydrogen-bond acceptors (Lipinski definition) is 2. The predicted molar refractivity (Wildman–Crippen MR) is 94.1 cm³/mol. The minimum atomic E-state index is -0.126. The maximum Gasteiger partial charge on any atom is 0.243 e. The number of nitrogens with one attached hydrogen (secondary N) is 2. The lowest BCUT2D eigenvalue weighted by Gasteiger charge is -2.14. The first kappa shape index (κ1) is 16.7. The Kier molecular flexibility index (Phi) is 5.69. The topological polar surface area (TPSA) is 41.1 Å². The second-order valence-electron chi connectivity index (χ2n) is 5.27. The number of amides is 1. The SMILES string of the molecule is CC(C)c1ccccc1NC(=O)CNc1ccc(Cl)cc1Cl. The van der Waals surface area contributed by atoms with Crippen LogP contribution >= 0.6 is 23.2 Å². The Morgan fingerprint density at radius 3 is 2.50 bits per heavy atom. The van der Waals surface area contributed by atoms with Crippen LogP contribution in [0.25, 0.3) is 0 Å². The van der Waals surface area contributed by atoms with E-state index in [9.17, 15) is 4.79 Å². The summed E-state index contributed by atoms with van der Waals surface area (Å²) in [5, 5.41) is 6.98. The van der Waals surface area contributed by atoms with Crippen LogP contribution < -0.4 is 10.6 Å². The van der Waals surface area contributed by atoms with Gasteiger partial charge < -0.3 is 10.6 Å². The molecule has 0 unspecified atom stereocenters. The molecule has 3 nitrogen and oxygen atoms in total. The summed E-state index contributed by atoms with van der Waals surface area (Å²) >= 11 is 11.9. The molecule has 22 heavy (non-hydrogen) atoms. The third kappa shape index (κ3) is 4.39. The van der Waals surface area contributed by atoms with Crippen molar-refractivity contribution in [3.05, 3.63) is 58.1 Å². The molecule has 0 heterocycles. The summed E-state index contributed by atoms with van der Waals surface area (Å²) in [7, 11) is 0. The fourth-order valence-electron chi connectivity index (χ4n) is 2.12. The maximum atomic E-state index is 12.1. The van der Waals surface area contributed by atoms with Crippen LogP contribution in [0.2, 0.25) is 10.0 Å². The second-order valence-corrected chi connectivity index (χ2v) is 6.11. The van der Waals surface area contributed by atoms with Crippen LogP contribution in [0.15, 0.2) is 42.5 Å². The van der Waals surface area contributed by atoms with Crippen molar-refractivity contribution in [3.63, 3.8) is 0 Å². The van der Waals surface area contributed by atoms with Crippen LogP contribution in [0.1, 0.15) is 25.3 Å². The molecule has 2 N–H and O–H groups in total.